The fourth-order valence-electron chi connectivity index (χ4n) is 3.33. The first-order chi connectivity index (χ1) is 13.1. The van der Waals surface area contributed by atoms with Gasteiger partial charge in [0.25, 0.3) is 0 Å². The van der Waals surface area contributed by atoms with Gasteiger partial charge in [0.05, 0.1) is 17.6 Å². The average Bonchev–Trinajstić information content (AvgIpc) is 3.22. The molecular formula is C21H21ClN2O2S2. The van der Waals surface area contributed by atoms with Gasteiger partial charge in [0.1, 0.15) is 0 Å². The minimum Gasteiger partial charge on any atom is -0.481 e. The molecular weight excluding hydrogens is 412 g/mol. The smallest absolute Gasteiger partial charge is 0.303 e. The Balaban J connectivity index is 0.00000225. The molecule has 4 rings (SSSR count). The third kappa shape index (κ3) is 4.19. The summed E-state index contributed by atoms with van der Waals surface area (Å²) in [6.07, 6.45) is 0.839. The lowest BCUT2D eigenvalue weighted by atomic mass is 10.1. The van der Waals surface area contributed by atoms with Crippen LogP contribution in [0.1, 0.15) is 24.0 Å². The summed E-state index contributed by atoms with van der Waals surface area (Å²) in [7, 11) is 0. The van der Waals surface area contributed by atoms with Crippen LogP contribution in [0.25, 0.3) is 21.1 Å². The molecule has 0 radical (unpaired) electrons. The van der Waals surface area contributed by atoms with Crippen LogP contribution in [0.3, 0.4) is 0 Å². The number of thioether (sulfide) groups is 1. The number of carbonyl (C=O) groups is 1. The Kier molecular flexibility index (Phi) is 6.65. The number of aliphatic carboxylic acids is 1. The number of halogens is 1. The van der Waals surface area contributed by atoms with Gasteiger partial charge in [-0.2, -0.15) is 0 Å². The summed E-state index contributed by atoms with van der Waals surface area (Å²) in [6.45, 7) is 2.93. The van der Waals surface area contributed by atoms with E-state index < -0.39 is 5.97 Å². The van der Waals surface area contributed by atoms with Crippen molar-refractivity contribution < 1.29 is 9.90 Å². The molecule has 0 bridgehead atoms. The zero-order valence-electron chi connectivity index (χ0n) is 15.4. The van der Waals surface area contributed by atoms with Gasteiger partial charge in [-0.05, 0) is 48.1 Å². The lowest BCUT2D eigenvalue weighted by molar-refractivity contribution is -0.137. The van der Waals surface area contributed by atoms with Crippen molar-refractivity contribution in [2.24, 2.45) is 0 Å². The Bertz CT molecular complexity index is 1120. The first-order valence-electron chi connectivity index (χ1n) is 8.89. The molecule has 0 saturated carbocycles. The van der Waals surface area contributed by atoms with Crippen molar-refractivity contribution in [3.05, 3.63) is 59.0 Å². The van der Waals surface area contributed by atoms with Crippen molar-refractivity contribution in [3.8, 4) is 0 Å². The molecule has 0 atom stereocenters. The van der Waals surface area contributed by atoms with E-state index in [9.17, 15) is 4.79 Å². The number of hydrogen-bond acceptors (Lipinski definition) is 4. The van der Waals surface area contributed by atoms with Gasteiger partial charge in [-0.3, -0.25) is 4.79 Å². The van der Waals surface area contributed by atoms with E-state index in [1.165, 1.54) is 21.2 Å². The van der Waals surface area contributed by atoms with Crippen LogP contribution in [0.4, 0.5) is 0 Å². The zero-order valence-corrected chi connectivity index (χ0v) is 17.9. The minimum absolute atomic E-state index is 0. The highest BCUT2D eigenvalue weighted by Crippen LogP contribution is 2.32. The first-order valence-corrected chi connectivity index (χ1v) is 10.8. The number of rotatable bonds is 7. The lowest BCUT2D eigenvalue weighted by Crippen LogP contribution is -2.02. The van der Waals surface area contributed by atoms with Crippen molar-refractivity contribution in [1.29, 1.82) is 0 Å². The molecule has 2 heterocycles. The number of para-hydroxylation sites is 2. The summed E-state index contributed by atoms with van der Waals surface area (Å²) in [5.74, 6) is 0.00304. The molecule has 0 saturated heterocycles. The maximum Gasteiger partial charge on any atom is 0.303 e. The molecule has 0 aliphatic heterocycles. The second kappa shape index (κ2) is 8.99. The third-order valence-electron chi connectivity index (χ3n) is 4.60. The number of nitrogens with zero attached hydrogens (tertiary/aromatic N) is 2. The van der Waals surface area contributed by atoms with E-state index in [2.05, 4.69) is 41.1 Å². The lowest BCUT2D eigenvalue weighted by Gasteiger charge is -2.09. The fraction of sp³-hybridized carbons (Fsp3) is 0.238. The summed E-state index contributed by atoms with van der Waals surface area (Å²) in [4.78, 5) is 15.6. The van der Waals surface area contributed by atoms with Crippen molar-refractivity contribution in [1.82, 2.24) is 9.55 Å². The molecule has 2 aromatic carbocycles. The van der Waals surface area contributed by atoms with Gasteiger partial charge >= 0.3 is 5.97 Å². The van der Waals surface area contributed by atoms with Crippen LogP contribution in [0, 0.1) is 6.92 Å². The number of aryl methyl sites for hydroxylation is 1. The maximum absolute atomic E-state index is 10.8. The molecule has 7 heteroatoms. The number of carboxylic acid groups (broad SMARTS) is 1. The predicted octanol–water partition coefficient (Wildman–Crippen LogP) is 5.99. The second-order valence-electron chi connectivity index (χ2n) is 6.52. The number of carboxylic acids is 1. The van der Waals surface area contributed by atoms with Gasteiger partial charge in [-0.1, -0.05) is 36.0 Å². The molecule has 4 nitrogen and oxygen atoms in total. The molecule has 0 unspecified atom stereocenters. The van der Waals surface area contributed by atoms with Crippen molar-refractivity contribution in [2.75, 3.05) is 5.75 Å². The average molecular weight is 433 g/mol. The van der Waals surface area contributed by atoms with Gasteiger partial charge in [0.2, 0.25) is 0 Å². The van der Waals surface area contributed by atoms with Crippen LogP contribution < -0.4 is 0 Å². The molecule has 146 valence electrons. The van der Waals surface area contributed by atoms with E-state index in [4.69, 9.17) is 10.1 Å². The van der Waals surface area contributed by atoms with Crippen LogP contribution in [-0.4, -0.2) is 26.4 Å². The molecule has 1 N–H and O–H groups in total. The third-order valence-corrected chi connectivity index (χ3v) is 6.66. The van der Waals surface area contributed by atoms with Crippen LogP contribution in [0.15, 0.2) is 53.0 Å². The van der Waals surface area contributed by atoms with Crippen LogP contribution in [-0.2, 0) is 11.3 Å². The molecule has 0 fully saturated rings. The van der Waals surface area contributed by atoms with E-state index in [1.807, 2.05) is 18.2 Å². The first kappa shape index (κ1) is 20.7. The summed E-state index contributed by atoms with van der Waals surface area (Å²) < 4.78 is 3.57. The second-order valence-corrected chi connectivity index (χ2v) is 8.50. The van der Waals surface area contributed by atoms with Gasteiger partial charge in [-0.15, -0.1) is 23.7 Å². The Morgan fingerprint density at radius 3 is 2.86 bits per heavy atom. The maximum atomic E-state index is 10.8. The summed E-state index contributed by atoms with van der Waals surface area (Å²) >= 11 is 3.42. The molecule has 4 aromatic rings. The van der Waals surface area contributed by atoms with E-state index in [0.29, 0.717) is 6.42 Å². The molecule has 0 aliphatic rings. The van der Waals surface area contributed by atoms with Crippen LogP contribution in [0.5, 0.6) is 0 Å². The molecule has 0 aliphatic carbocycles. The normalized spacial score (nSPS) is 11.0. The van der Waals surface area contributed by atoms with Gasteiger partial charge in [-0.25, -0.2) is 4.98 Å². The standard InChI is InChI=1S/C21H20N2O2S2.ClH/c1-14-6-4-9-18-20(14)15(13-27-18)12-23-17-8-3-2-7-16(17)22-21(23)26-11-5-10-19(24)25;/h2-4,6-9,13H,5,10-12H2,1H3,(H,24,25);1H. The van der Waals surface area contributed by atoms with Crippen LogP contribution in [0.2, 0.25) is 0 Å². The van der Waals surface area contributed by atoms with E-state index in [-0.39, 0.29) is 18.8 Å². The SMILES string of the molecule is Cc1cccc2scc(Cn3c(SCCCC(=O)O)nc4ccccc43)c12.Cl. The zero-order chi connectivity index (χ0) is 18.8. The van der Waals surface area contributed by atoms with Gasteiger partial charge in [0, 0.05) is 22.3 Å². The molecule has 2 aromatic heterocycles. The highest BCUT2D eigenvalue weighted by atomic mass is 35.5. The highest BCUT2D eigenvalue weighted by Gasteiger charge is 2.14. The number of fused-ring (bicyclic) bond motifs is 2. The molecule has 0 amide bonds. The van der Waals surface area contributed by atoms with E-state index in [1.54, 1.807) is 23.1 Å². The topological polar surface area (TPSA) is 55.1 Å². The Labute approximate surface area is 178 Å². The van der Waals surface area contributed by atoms with Crippen molar-refractivity contribution >= 4 is 62.6 Å². The highest BCUT2D eigenvalue weighted by molar-refractivity contribution is 7.99. The van der Waals surface area contributed by atoms with Crippen LogP contribution >= 0.6 is 35.5 Å². The summed E-state index contributed by atoms with van der Waals surface area (Å²) in [5, 5.41) is 13.4. The molecule has 0 spiro atoms. The minimum atomic E-state index is -0.746. The Morgan fingerprint density at radius 2 is 2.04 bits per heavy atom. The van der Waals surface area contributed by atoms with E-state index >= 15 is 0 Å². The number of thiophene rings is 1. The number of imidazole rings is 1. The summed E-state index contributed by atoms with van der Waals surface area (Å²) in [6, 6.07) is 14.6. The van der Waals surface area contributed by atoms with Crippen molar-refractivity contribution in [2.45, 2.75) is 31.5 Å². The number of aromatic nitrogens is 2. The molecule has 28 heavy (non-hydrogen) atoms. The fourth-order valence-corrected chi connectivity index (χ4v) is 5.32. The Morgan fingerprint density at radius 1 is 1.21 bits per heavy atom. The monoisotopic (exact) mass is 432 g/mol. The predicted molar refractivity (Wildman–Crippen MR) is 120 cm³/mol. The number of benzene rings is 2. The van der Waals surface area contributed by atoms with Crippen molar-refractivity contribution in [3.63, 3.8) is 0 Å². The van der Waals surface area contributed by atoms with Gasteiger partial charge < -0.3 is 9.67 Å². The largest absolute Gasteiger partial charge is 0.481 e. The Hall–Kier alpha value is -2.02. The van der Waals surface area contributed by atoms with E-state index in [0.717, 1.165) is 28.5 Å². The van der Waals surface area contributed by atoms with Gasteiger partial charge in [0.15, 0.2) is 5.16 Å². The quantitative estimate of drug-likeness (QED) is 0.288. The summed E-state index contributed by atoms with van der Waals surface area (Å²) in [5.41, 5.74) is 4.70. The number of hydrogen-bond donors (Lipinski definition) is 1.